The van der Waals surface area contributed by atoms with Gasteiger partial charge >= 0.3 is 0 Å². The normalized spacial score (nSPS) is 20.6. The highest BCUT2D eigenvalue weighted by molar-refractivity contribution is 8.00. The van der Waals surface area contributed by atoms with Crippen molar-refractivity contribution in [1.82, 2.24) is 9.62 Å². The maximum absolute atomic E-state index is 12.6. The molecule has 1 saturated heterocycles. The summed E-state index contributed by atoms with van der Waals surface area (Å²) in [4.78, 5) is 0.411. The summed E-state index contributed by atoms with van der Waals surface area (Å²) in [5.41, 5.74) is 1.16. The van der Waals surface area contributed by atoms with Crippen LogP contribution in [0.25, 0.3) is 0 Å². The molecule has 1 heterocycles. The topological polar surface area (TPSA) is 49.4 Å². The molecule has 0 aliphatic carbocycles. The first-order valence-electron chi connectivity index (χ1n) is 7.45. The second-order valence-electron chi connectivity index (χ2n) is 5.29. The summed E-state index contributed by atoms with van der Waals surface area (Å²) in [5, 5.41) is 3.64. The molecule has 1 aliphatic heterocycles. The lowest BCUT2D eigenvalue weighted by Gasteiger charge is -2.29. The third-order valence-corrected chi connectivity index (χ3v) is 6.62. The van der Waals surface area contributed by atoms with Crippen molar-refractivity contribution in [2.75, 3.05) is 31.9 Å². The van der Waals surface area contributed by atoms with Gasteiger partial charge < -0.3 is 5.32 Å². The van der Waals surface area contributed by atoms with Gasteiger partial charge in [0.25, 0.3) is 0 Å². The van der Waals surface area contributed by atoms with Crippen molar-refractivity contribution < 1.29 is 8.42 Å². The van der Waals surface area contributed by atoms with E-state index in [1.54, 1.807) is 16.4 Å². The molecule has 0 amide bonds. The summed E-state index contributed by atoms with van der Waals surface area (Å²) in [6, 6.07) is 7.32. The Labute approximate surface area is 132 Å². The van der Waals surface area contributed by atoms with Gasteiger partial charge in [0.1, 0.15) is 0 Å². The molecule has 1 fully saturated rings. The second kappa shape index (κ2) is 7.63. The molecule has 1 N–H and O–H groups in total. The monoisotopic (exact) mass is 328 g/mol. The van der Waals surface area contributed by atoms with E-state index in [2.05, 4.69) is 19.2 Å². The van der Waals surface area contributed by atoms with Crippen LogP contribution in [0.4, 0.5) is 0 Å². The van der Waals surface area contributed by atoms with E-state index in [1.807, 2.05) is 23.9 Å². The lowest BCUT2D eigenvalue weighted by molar-refractivity contribution is 0.424. The Bertz CT molecular complexity index is 543. The van der Waals surface area contributed by atoms with Gasteiger partial charge in [-0.3, -0.25) is 0 Å². The predicted molar refractivity (Wildman–Crippen MR) is 89.4 cm³/mol. The molecular formula is C15H24N2O2S2. The molecule has 1 aliphatic rings. The van der Waals surface area contributed by atoms with Crippen LogP contribution in [0.5, 0.6) is 0 Å². The molecule has 1 aromatic rings. The van der Waals surface area contributed by atoms with Gasteiger partial charge in [-0.2, -0.15) is 16.1 Å². The second-order valence-corrected chi connectivity index (χ2v) is 8.78. The van der Waals surface area contributed by atoms with Crippen molar-refractivity contribution in [1.29, 1.82) is 0 Å². The first-order chi connectivity index (χ1) is 10.0. The molecule has 2 rings (SSSR count). The number of rotatable bonds is 6. The third kappa shape index (κ3) is 4.45. The smallest absolute Gasteiger partial charge is 0.243 e. The van der Waals surface area contributed by atoms with Gasteiger partial charge in [0.2, 0.25) is 10.0 Å². The molecule has 6 heteroatoms. The molecule has 0 radical (unpaired) electrons. The summed E-state index contributed by atoms with van der Waals surface area (Å²) in [7, 11) is -3.33. The Hall–Kier alpha value is -0.560. The number of likely N-dealkylation sites (N-methyl/N-ethyl adjacent to an activating group) is 1. The lowest BCUT2D eigenvalue weighted by Crippen LogP contribution is -2.40. The van der Waals surface area contributed by atoms with E-state index in [4.69, 9.17) is 0 Å². The van der Waals surface area contributed by atoms with E-state index in [1.165, 1.54) is 0 Å². The van der Waals surface area contributed by atoms with Crippen molar-refractivity contribution in [3.63, 3.8) is 0 Å². The summed E-state index contributed by atoms with van der Waals surface area (Å²) < 4.78 is 26.8. The van der Waals surface area contributed by atoms with Crippen LogP contribution < -0.4 is 5.32 Å². The van der Waals surface area contributed by atoms with E-state index in [9.17, 15) is 8.42 Å². The zero-order valence-corrected chi connectivity index (χ0v) is 14.3. The van der Waals surface area contributed by atoms with E-state index in [0.717, 1.165) is 30.8 Å². The van der Waals surface area contributed by atoms with Gasteiger partial charge in [-0.1, -0.05) is 26.0 Å². The first-order valence-corrected chi connectivity index (χ1v) is 9.94. The molecule has 1 aromatic carbocycles. The number of thioether (sulfide) groups is 1. The maximum Gasteiger partial charge on any atom is 0.243 e. The number of hydrogen-bond acceptors (Lipinski definition) is 4. The highest BCUT2D eigenvalue weighted by Crippen LogP contribution is 2.24. The Morgan fingerprint density at radius 1 is 1.33 bits per heavy atom. The van der Waals surface area contributed by atoms with Crippen LogP contribution in [-0.4, -0.2) is 49.9 Å². The minimum absolute atomic E-state index is 0.368. The van der Waals surface area contributed by atoms with Crippen molar-refractivity contribution in [2.24, 2.45) is 0 Å². The molecular weight excluding hydrogens is 304 g/mol. The summed E-state index contributed by atoms with van der Waals surface area (Å²) in [6.07, 6.45) is 0.922. The zero-order chi connectivity index (χ0) is 15.3. The van der Waals surface area contributed by atoms with Crippen LogP contribution in [0.15, 0.2) is 29.2 Å². The van der Waals surface area contributed by atoms with Crippen molar-refractivity contribution in [3.05, 3.63) is 29.8 Å². The summed E-state index contributed by atoms with van der Waals surface area (Å²) in [6.45, 7) is 7.25. The molecule has 0 saturated carbocycles. The number of hydrogen-bond donors (Lipinski definition) is 1. The predicted octanol–water partition coefficient (Wildman–Crippen LogP) is 1.96. The van der Waals surface area contributed by atoms with Crippen molar-refractivity contribution >= 4 is 21.8 Å². The maximum atomic E-state index is 12.6. The van der Waals surface area contributed by atoms with Crippen molar-refractivity contribution in [2.45, 2.75) is 30.4 Å². The van der Waals surface area contributed by atoms with Gasteiger partial charge in [0.15, 0.2) is 0 Å². The Morgan fingerprint density at radius 2 is 2.05 bits per heavy atom. The van der Waals surface area contributed by atoms with Crippen molar-refractivity contribution in [3.8, 4) is 0 Å². The first kappa shape index (κ1) is 16.8. The number of nitrogens with zero attached hydrogens (tertiary/aromatic N) is 1. The van der Waals surface area contributed by atoms with E-state index in [0.29, 0.717) is 23.2 Å². The average molecular weight is 329 g/mol. The van der Waals surface area contributed by atoms with Crippen LogP contribution in [0.3, 0.4) is 0 Å². The number of sulfonamides is 1. The fourth-order valence-corrected chi connectivity index (χ4v) is 5.14. The quantitative estimate of drug-likeness (QED) is 0.811. The molecule has 0 spiro atoms. The molecule has 0 aromatic heterocycles. The largest absolute Gasteiger partial charge is 0.317 e. The van der Waals surface area contributed by atoms with Gasteiger partial charge in [-0.15, -0.1) is 0 Å². The van der Waals surface area contributed by atoms with E-state index >= 15 is 0 Å². The van der Waals surface area contributed by atoms with Crippen LogP contribution >= 0.6 is 11.8 Å². The number of nitrogens with one attached hydrogen (secondary N) is 1. The molecule has 4 nitrogen and oxygen atoms in total. The molecule has 1 unspecified atom stereocenters. The summed E-state index contributed by atoms with van der Waals surface area (Å²) in [5.74, 6) is 0.876. The average Bonchev–Trinajstić information content (AvgIpc) is 2.48. The lowest BCUT2D eigenvalue weighted by atomic mass is 10.1. The summed E-state index contributed by atoms with van der Waals surface area (Å²) >= 11 is 1.83. The fourth-order valence-electron chi connectivity index (χ4n) is 2.39. The molecule has 1 atom stereocenters. The highest BCUT2D eigenvalue weighted by Gasteiger charge is 2.28. The highest BCUT2D eigenvalue weighted by atomic mass is 32.2. The Morgan fingerprint density at radius 3 is 2.67 bits per heavy atom. The Kier molecular flexibility index (Phi) is 6.10. The minimum Gasteiger partial charge on any atom is -0.317 e. The van der Waals surface area contributed by atoms with Gasteiger partial charge in [0, 0.05) is 24.1 Å². The third-order valence-electron chi connectivity index (χ3n) is 3.61. The van der Waals surface area contributed by atoms with Gasteiger partial charge in [0.05, 0.1) is 4.90 Å². The Balaban J connectivity index is 2.06. The molecule has 0 bridgehead atoms. The zero-order valence-electron chi connectivity index (χ0n) is 12.7. The van der Waals surface area contributed by atoms with Gasteiger partial charge in [-0.25, -0.2) is 8.42 Å². The van der Waals surface area contributed by atoms with Crippen LogP contribution in [0.2, 0.25) is 0 Å². The standard InChI is InChI=1S/C15H24N2O2S2/c1-3-16-9-8-14-4-6-15(7-5-14)21(18,19)17-10-11-20-13(2)12-17/h4-7,13,16H,3,8-12H2,1-2H3. The van der Waals surface area contributed by atoms with E-state index < -0.39 is 10.0 Å². The van der Waals surface area contributed by atoms with Gasteiger partial charge in [-0.05, 0) is 37.2 Å². The minimum atomic E-state index is -3.33. The van der Waals surface area contributed by atoms with Crippen LogP contribution in [-0.2, 0) is 16.4 Å². The SMILES string of the molecule is CCNCCc1ccc(S(=O)(=O)N2CCSC(C)C2)cc1. The van der Waals surface area contributed by atoms with Crippen LogP contribution in [0.1, 0.15) is 19.4 Å². The van der Waals surface area contributed by atoms with Crippen LogP contribution in [0, 0.1) is 0 Å². The molecule has 118 valence electrons. The van der Waals surface area contributed by atoms with E-state index in [-0.39, 0.29) is 0 Å². The molecule has 21 heavy (non-hydrogen) atoms. The number of benzene rings is 1. The fraction of sp³-hybridized carbons (Fsp3) is 0.600.